The maximum absolute atomic E-state index is 14.4. The topological polar surface area (TPSA) is 109 Å². The Morgan fingerprint density at radius 1 is 0.979 bits per heavy atom. The van der Waals surface area contributed by atoms with Gasteiger partial charge in [-0.1, -0.05) is 45.1 Å². The van der Waals surface area contributed by atoms with Gasteiger partial charge in [-0.05, 0) is 98.4 Å². The number of hydrogen-bond acceptors (Lipinski definition) is 7. The lowest BCUT2D eigenvalue weighted by molar-refractivity contribution is -0.178. The zero-order valence-electron chi connectivity index (χ0n) is 29.1. The molecule has 0 radical (unpaired) electrons. The van der Waals surface area contributed by atoms with Crippen molar-refractivity contribution in [1.82, 2.24) is 4.90 Å². The second kappa shape index (κ2) is 11.6. The van der Waals surface area contributed by atoms with Crippen molar-refractivity contribution >= 4 is 11.7 Å². The Balaban J connectivity index is 1.24. The summed E-state index contributed by atoms with van der Waals surface area (Å²) in [7, 11) is 3.18. The summed E-state index contributed by atoms with van der Waals surface area (Å²) in [6.45, 7) is 7.46. The molecule has 1 aromatic carbocycles. The fourth-order valence-electron chi connectivity index (χ4n) is 11.3. The quantitative estimate of drug-likeness (QED) is 0.220. The van der Waals surface area contributed by atoms with Crippen molar-refractivity contribution in [3.63, 3.8) is 0 Å². The van der Waals surface area contributed by atoms with Crippen molar-refractivity contribution in [2.75, 3.05) is 27.3 Å². The lowest BCUT2D eigenvalue weighted by Crippen LogP contribution is -2.67. The molecule has 8 nitrogen and oxygen atoms in total. The first-order valence-electron chi connectivity index (χ1n) is 17.8. The van der Waals surface area contributed by atoms with Crippen LogP contribution in [0.15, 0.2) is 64.8 Å². The largest absolute Gasteiger partial charge is 0.493 e. The van der Waals surface area contributed by atoms with E-state index in [1.807, 2.05) is 23.1 Å². The first-order chi connectivity index (χ1) is 22.9. The standard InChI is InChI=1S/C40H51NO7/c1-6-19-41(34(43)22-26-9-10-29(46-4)31(21-26)47-5)25-39(45)16-13-33-37(39,3)15-12-32-36(2)14-11-27(42)23-38(36)17-18-40(32,33)28(24-38)35(44)30-8-7-20-48-30/h7-10,17-18,20-21,24,27,32-33,42,45H,6,11-16,19,22-23,25H2,1-5H3/t27?,32-,33-,36-,37+,38+,39-,40-/m1/s1. The van der Waals surface area contributed by atoms with Crippen LogP contribution in [0.2, 0.25) is 0 Å². The summed E-state index contributed by atoms with van der Waals surface area (Å²) in [5.74, 6) is 1.60. The van der Waals surface area contributed by atoms with Crippen molar-refractivity contribution in [3.8, 4) is 11.5 Å². The summed E-state index contributed by atoms with van der Waals surface area (Å²) in [6.07, 6.45) is 14.2. The van der Waals surface area contributed by atoms with Crippen LogP contribution in [0.25, 0.3) is 0 Å². The lowest BCUT2D eigenvalue weighted by atomic mass is 9.32. The van der Waals surface area contributed by atoms with Gasteiger partial charge in [-0.25, -0.2) is 0 Å². The number of hydrogen-bond donors (Lipinski definition) is 2. The number of allylic oxidation sites excluding steroid dienone is 4. The molecule has 258 valence electrons. The molecule has 1 unspecified atom stereocenters. The predicted octanol–water partition coefficient (Wildman–Crippen LogP) is 6.55. The van der Waals surface area contributed by atoms with Crippen LogP contribution in [-0.4, -0.2) is 65.8 Å². The van der Waals surface area contributed by atoms with Gasteiger partial charge in [0.1, 0.15) is 0 Å². The minimum atomic E-state index is -1.12. The highest BCUT2D eigenvalue weighted by atomic mass is 16.5. The third-order valence-electron chi connectivity index (χ3n) is 13.8. The van der Waals surface area contributed by atoms with E-state index in [0.29, 0.717) is 36.6 Å². The van der Waals surface area contributed by atoms with Crippen LogP contribution in [0.4, 0.5) is 0 Å². The first-order valence-corrected chi connectivity index (χ1v) is 17.8. The summed E-state index contributed by atoms with van der Waals surface area (Å²) in [5.41, 5.74) is -1.14. The maximum Gasteiger partial charge on any atom is 0.227 e. The number of furan rings is 1. The van der Waals surface area contributed by atoms with Gasteiger partial charge in [0.25, 0.3) is 0 Å². The first kappa shape index (κ1) is 33.2. The number of ether oxygens (including phenoxy) is 2. The van der Waals surface area contributed by atoms with E-state index >= 15 is 0 Å². The van der Waals surface area contributed by atoms with Gasteiger partial charge in [0.05, 0.1) is 38.6 Å². The molecule has 0 saturated heterocycles. The number of ketones is 1. The summed E-state index contributed by atoms with van der Waals surface area (Å²) < 4.78 is 16.6. The van der Waals surface area contributed by atoms with Crippen molar-refractivity contribution in [2.24, 2.45) is 33.5 Å². The van der Waals surface area contributed by atoms with Crippen molar-refractivity contribution in [3.05, 3.63) is 71.7 Å². The van der Waals surface area contributed by atoms with E-state index in [0.717, 1.165) is 49.7 Å². The third-order valence-corrected chi connectivity index (χ3v) is 13.8. The van der Waals surface area contributed by atoms with Crippen LogP contribution in [0.5, 0.6) is 11.5 Å². The van der Waals surface area contributed by atoms with Gasteiger partial charge in [-0.2, -0.15) is 0 Å². The number of amides is 1. The average Bonchev–Trinajstić information content (AvgIpc) is 3.70. The Kier molecular flexibility index (Phi) is 8.02. The number of carbonyl (C=O) groups excluding carboxylic acids is 2. The fourth-order valence-corrected chi connectivity index (χ4v) is 11.3. The van der Waals surface area contributed by atoms with E-state index in [4.69, 9.17) is 13.9 Å². The van der Waals surface area contributed by atoms with E-state index in [1.165, 1.54) is 0 Å². The SMILES string of the molecule is CCCN(C[C@]1(O)CC[C@H]2[C@]34C=C[C@@]5(C=C3C(=O)c3ccco3)CC(O)CC[C@]5(C)[C@H]4CC[C@@]21C)C(=O)Cc1ccc(OC)c(OC)c1. The molecule has 6 aliphatic carbocycles. The van der Waals surface area contributed by atoms with Crippen molar-refractivity contribution in [1.29, 1.82) is 0 Å². The number of aliphatic hydroxyl groups excluding tert-OH is 1. The molecule has 2 spiro atoms. The molecule has 2 bridgehead atoms. The Hall–Kier alpha value is -3.36. The molecule has 2 N–H and O–H groups in total. The van der Waals surface area contributed by atoms with E-state index in [2.05, 4.69) is 39.0 Å². The number of methoxy groups -OCH3 is 2. The highest BCUT2D eigenvalue weighted by Gasteiger charge is 2.74. The third kappa shape index (κ3) is 4.54. The number of nitrogens with zero attached hydrogens (tertiary/aromatic N) is 1. The summed E-state index contributed by atoms with van der Waals surface area (Å²) in [6, 6.07) is 9.05. The molecule has 0 aliphatic heterocycles. The molecule has 1 amide bonds. The minimum absolute atomic E-state index is 0.00145. The number of rotatable bonds is 10. The van der Waals surface area contributed by atoms with Gasteiger partial charge in [-0.15, -0.1) is 0 Å². The molecular formula is C40H51NO7. The molecule has 1 aromatic heterocycles. The van der Waals surface area contributed by atoms with Crippen LogP contribution in [0, 0.1) is 33.5 Å². The van der Waals surface area contributed by atoms with Gasteiger partial charge in [-0.3, -0.25) is 9.59 Å². The maximum atomic E-state index is 14.4. The molecule has 8 rings (SSSR count). The minimum Gasteiger partial charge on any atom is -0.493 e. The Labute approximate surface area is 284 Å². The molecule has 48 heavy (non-hydrogen) atoms. The zero-order chi connectivity index (χ0) is 34.1. The summed E-state index contributed by atoms with van der Waals surface area (Å²) >= 11 is 0. The lowest BCUT2D eigenvalue weighted by Gasteiger charge is -2.71. The van der Waals surface area contributed by atoms with Crippen LogP contribution in [-0.2, 0) is 11.2 Å². The van der Waals surface area contributed by atoms with Gasteiger partial charge in [0.15, 0.2) is 17.3 Å². The molecule has 3 saturated carbocycles. The summed E-state index contributed by atoms with van der Waals surface area (Å²) in [5, 5.41) is 23.8. The van der Waals surface area contributed by atoms with Crippen LogP contribution in [0.1, 0.15) is 88.3 Å². The highest BCUT2D eigenvalue weighted by Crippen LogP contribution is 2.78. The van der Waals surface area contributed by atoms with Crippen LogP contribution < -0.4 is 9.47 Å². The smallest absolute Gasteiger partial charge is 0.227 e. The fraction of sp³-hybridized carbons (Fsp3) is 0.600. The van der Waals surface area contributed by atoms with Crippen molar-refractivity contribution in [2.45, 2.75) is 90.3 Å². The molecular weight excluding hydrogens is 606 g/mol. The summed E-state index contributed by atoms with van der Waals surface area (Å²) in [4.78, 5) is 30.2. The molecule has 8 heteroatoms. The second-order valence-electron chi connectivity index (χ2n) is 15.8. The normalized spacial score (nSPS) is 37.6. The van der Waals surface area contributed by atoms with E-state index in [1.54, 1.807) is 32.6 Å². The zero-order valence-corrected chi connectivity index (χ0v) is 29.1. The highest BCUT2D eigenvalue weighted by molar-refractivity contribution is 6.08. The Bertz CT molecular complexity index is 1650. The number of benzene rings is 1. The monoisotopic (exact) mass is 657 g/mol. The van der Waals surface area contributed by atoms with Gasteiger partial charge in [0, 0.05) is 34.9 Å². The van der Waals surface area contributed by atoms with Crippen LogP contribution >= 0.6 is 0 Å². The number of aliphatic hydroxyl groups is 2. The number of Topliss-reactive ketones (excluding diaryl/α,β-unsaturated/α-hetero) is 1. The van der Waals surface area contributed by atoms with E-state index in [-0.39, 0.29) is 41.9 Å². The second-order valence-corrected chi connectivity index (χ2v) is 15.8. The molecule has 6 aliphatic rings. The Morgan fingerprint density at radius 3 is 2.42 bits per heavy atom. The van der Waals surface area contributed by atoms with Gasteiger partial charge in [0.2, 0.25) is 11.7 Å². The average molecular weight is 658 g/mol. The predicted molar refractivity (Wildman–Crippen MR) is 182 cm³/mol. The van der Waals surface area contributed by atoms with E-state index in [9.17, 15) is 19.8 Å². The molecule has 8 atom stereocenters. The number of fused-ring (bicyclic) bond motifs is 1. The number of carbonyl (C=O) groups is 2. The molecule has 1 heterocycles. The van der Waals surface area contributed by atoms with Gasteiger partial charge < -0.3 is 29.0 Å². The van der Waals surface area contributed by atoms with E-state index < -0.39 is 27.9 Å². The van der Waals surface area contributed by atoms with Gasteiger partial charge >= 0.3 is 0 Å². The Morgan fingerprint density at radius 2 is 1.71 bits per heavy atom. The molecule has 3 fully saturated rings. The molecule has 2 aromatic rings. The van der Waals surface area contributed by atoms with Crippen LogP contribution in [0.3, 0.4) is 0 Å². The van der Waals surface area contributed by atoms with Crippen molar-refractivity contribution < 1.29 is 33.7 Å².